The molecular weight excluding hydrogens is 444 g/mol. The summed E-state index contributed by atoms with van der Waals surface area (Å²) in [5.74, 6) is -0.122. The van der Waals surface area contributed by atoms with Crippen molar-refractivity contribution in [1.82, 2.24) is 0 Å². The predicted molar refractivity (Wildman–Crippen MR) is 119 cm³/mol. The fraction of sp³-hybridized carbons (Fsp3) is 0.600. The SMILES string of the molecule is CC(C)(C)OC(=O)C1CC2C=CC1C2.O=C(OCCO)C1OC2C=CC1C2.O=C1C=CC(=O)O1. The molecule has 2 heterocycles. The van der Waals surface area contributed by atoms with Crippen LogP contribution < -0.4 is 0 Å². The number of rotatable bonds is 4. The van der Waals surface area contributed by atoms with Crippen molar-refractivity contribution in [1.29, 1.82) is 0 Å². The average molecular weight is 477 g/mol. The van der Waals surface area contributed by atoms with Gasteiger partial charge in [-0.05, 0) is 51.9 Å². The lowest BCUT2D eigenvalue weighted by molar-refractivity contribution is -0.161. The normalized spacial score (nSPS) is 31.5. The zero-order valence-electron chi connectivity index (χ0n) is 19.7. The van der Waals surface area contributed by atoms with E-state index in [1.807, 2.05) is 32.9 Å². The van der Waals surface area contributed by atoms with Crippen molar-refractivity contribution >= 4 is 23.9 Å². The standard InChI is InChI=1S/C12H18O2.C9H12O4.C4H2O3/c1-12(2,3)14-11(13)10-7-8-4-5-9(10)6-8;10-3-4-12-9(11)8-6-1-2-7(5-6)13-8;5-3-1-2-4(6)7-3/h4-5,8-10H,6-7H2,1-3H3;1-2,6-8,10H,3-5H2;1-2H. The maximum Gasteiger partial charge on any atom is 0.338 e. The molecule has 5 rings (SSSR count). The Morgan fingerprint density at radius 1 is 0.971 bits per heavy atom. The number of fused-ring (bicyclic) bond motifs is 4. The molecule has 34 heavy (non-hydrogen) atoms. The van der Waals surface area contributed by atoms with Crippen molar-refractivity contribution in [2.24, 2.45) is 23.7 Å². The Morgan fingerprint density at radius 3 is 2.06 bits per heavy atom. The van der Waals surface area contributed by atoms with E-state index in [0.717, 1.165) is 31.4 Å². The first-order chi connectivity index (χ1) is 16.1. The van der Waals surface area contributed by atoms with E-state index in [4.69, 9.17) is 19.3 Å². The molecule has 0 amide bonds. The Labute approximate surface area is 198 Å². The molecule has 4 bridgehead atoms. The summed E-state index contributed by atoms with van der Waals surface area (Å²) in [7, 11) is 0. The first-order valence-corrected chi connectivity index (χ1v) is 11.5. The van der Waals surface area contributed by atoms with Crippen LogP contribution in [0.5, 0.6) is 0 Å². The van der Waals surface area contributed by atoms with Gasteiger partial charge in [0.25, 0.3) is 0 Å². The fourth-order valence-corrected chi connectivity index (χ4v) is 4.50. The average Bonchev–Trinajstić information content (AvgIpc) is 3.59. The summed E-state index contributed by atoms with van der Waals surface area (Å²) in [6.07, 6.45) is 13.3. The highest BCUT2D eigenvalue weighted by atomic mass is 16.6. The second-order valence-corrected chi connectivity index (χ2v) is 9.76. The number of aliphatic hydroxyl groups excluding tert-OH is 1. The summed E-state index contributed by atoms with van der Waals surface area (Å²) in [6, 6.07) is 0. The van der Waals surface area contributed by atoms with E-state index < -0.39 is 18.0 Å². The van der Waals surface area contributed by atoms with Gasteiger partial charge in [0.05, 0.1) is 18.6 Å². The van der Waals surface area contributed by atoms with Gasteiger partial charge < -0.3 is 24.1 Å². The summed E-state index contributed by atoms with van der Waals surface area (Å²) in [4.78, 5) is 42.9. The van der Waals surface area contributed by atoms with Gasteiger partial charge in [0.1, 0.15) is 12.2 Å². The molecule has 9 nitrogen and oxygen atoms in total. The van der Waals surface area contributed by atoms with Crippen molar-refractivity contribution in [3.8, 4) is 0 Å². The lowest BCUT2D eigenvalue weighted by Crippen LogP contribution is -2.30. The number of aliphatic hydroxyl groups is 1. The zero-order chi connectivity index (χ0) is 24.9. The van der Waals surface area contributed by atoms with Crippen LogP contribution in [-0.4, -0.2) is 60.0 Å². The van der Waals surface area contributed by atoms with Gasteiger partial charge in [-0.1, -0.05) is 24.3 Å². The number of carbonyl (C=O) groups is 4. The number of hydrogen-bond donors (Lipinski definition) is 1. The van der Waals surface area contributed by atoms with Crippen LogP contribution in [0.1, 0.15) is 40.0 Å². The first-order valence-electron chi connectivity index (χ1n) is 11.5. The van der Waals surface area contributed by atoms with Crippen LogP contribution in [0.15, 0.2) is 36.5 Å². The molecule has 0 aromatic heterocycles. The number of hydrogen-bond acceptors (Lipinski definition) is 9. The zero-order valence-corrected chi connectivity index (χ0v) is 19.7. The molecule has 6 unspecified atom stereocenters. The molecule has 2 fully saturated rings. The van der Waals surface area contributed by atoms with Crippen molar-refractivity contribution in [2.45, 2.75) is 57.8 Å². The third-order valence-electron chi connectivity index (χ3n) is 5.90. The molecule has 0 radical (unpaired) electrons. The smallest absolute Gasteiger partial charge is 0.338 e. The monoisotopic (exact) mass is 476 g/mol. The van der Waals surface area contributed by atoms with E-state index in [1.54, 1.807) is 0 Å². The van der Waals surface area contributed by atoms with Crippen LogP contribution in [0, 0.1) is 23.7 Å². The minimum Gasteiger partial charge on any atom is -0.461 e. The second-order valence-electron chi connectivity index (χ2n) is 9.76. The van der Waals surface area contributed by atoms with Crippen molar-refractivity contribution in [3.05, 3.63) is 36.5 Å². The predicted octanol–water partition coefficient (Wildman–Crippen LogP) is 2.03. The molecule has 0 aromatic rings. The maximum absolute atomic E-state index is 11.8. The molecule has 5 aliphatic rings. The molecule has 1 saturated carbocycles. The van der Waals surface area contributed by atoms with E-state index >= 15 is 0 Å². The van der Waals surface area contributed by atoms with Gasteiger partial charge in [-0.25, -0.2) is 14.4 Å². The van der Waals surface area contributed by atoms with Crippen LogP contribution in [-0.2, 0) is 38.1 Å². The van der Waals surface area contributed by atoms with Gasteiger partial charge in [-0.2, -0.15) is 0 Å². The highest BCUT2D eigenvalue weighted by molar-refractivity contribution is 6.04. The third-order valence-corrected chi connectivity index (χ3v) is 5.90. The largest absolute Gasteiger partial charge is 0.461 e. The number of allylic oxidation sites excluding steroid dienone is 2. The molecule has 0 aromatic carbocycles. The van der Waals surface area contributed by atoms with Crippen LogP contribution in [0.4, 0.5) is 0 Å². The summed E-state index contributed by atoms with van der Waals surface area (Å²) in [5.41, 5.74) is -0.345. The van der Waals surface area contributed by atoms with Gasteiger partial charge in [0, 0.05) is 18.1 Å². The number of cyclic esters (lactones) is 2. The summed E-state index contributed by atoms with van der Waals surface area (Å²) in [5, 5.41) is 8.46. The Kier molecular flexibility index (Phi) is 8.43. The number of ether oxygens (including phenoxy) is 4. The molecule has 3 aliphatic carbocycles. The third kappa shape index (κ3) is 7.11. The molecule has 0 spiro atoms. The number of carbonyl (C=O) groups excluding carboxylic acids is 4. The highest BCUT2D eigenvalue weighted by Crippen LogP contribution is 2.44. The highest BCUT2D eigenvalue weighted by Gasteiger charge is 2.42. The van der Waals surface area contributed by atoms with E-state index in [2.05, 4.69) is 16.9 Å². The molecule has 1 saturated heterocycles. The first kappa shape index (κ1) is 25.8. The minimum absolute atomic E-state index is 0.00523. The summed E-state index contributed by atoms with van der Waals surface area (Å²) < 4.78 is 19.5. The molecule has 186 valence electrons. The van der Waals surface area contributed by atoms with Gasteiger partial charge in [0.2, 0.25) is 0 Å². The number of esters is 4. The summed E-state index contributed by atoms with van der Waals surface area (Å²) in [6.45, 7) is 5.69. The van der Waals surface area contributed by atoms with E-state index in [-0.39, 0.29) is 48.7 Å². The molecular formula is C25H32O9. The van der Waals surface area contributed by atoms with Crippen molar-refractivity contribution in [3.63, 3.8) is 0 Å². The van der Waals surface area contributed by atoms with Crippen LogP contribution in [0.3, 0.4) is 0 Å². The van der Waals surface area contributed by atoms with Crippen LogP contribution in [0.2, 0.25) is 0 Å². The minimum atomic E-state index is -0.579. The van der Waals surface area contributed by atoms with Gasteiger partial charge in [-0.3, -0.25) is 4.79 Å². The Morgan fingerprint density at radius 2 is 1.65 bits per heavy atom. The molecule has 2 aliphatic heterocycles. The molecule has 6 atom stereocenters. The van der Waals surface area contributed by atoms with E-state index in [9.17, 15) is 19.2 Å². The topological polar surface area (TPSA) is 125 Å². The molecule has 9 heteroatoms. The Balaban J connectivity index is 0.000000151. The van der Waals surface area contributed by atoms with E-state index in [0.29, 0.717) is 11.8 Å². The van der Waals surface area contributed by atoms with Gasteiger partial charge in [-0.15, -0.1) is 0 Å². The van der Waals surface area contributed by atoms with Crippen molar-refractivity contribution < 1.29 is 43.2 Å². The van der Waals surface area contributed by atoms with Gasteiger partial charge in [0.15, 0.2) is 6.10 Å². The second kappa shape index (κ2) is 11.1. The summed E-state index contributed by atoms with van der Waals surface area (Å²) >= 11 is 0. The maximum atomic E-state index is 11.8. The fourth-order valence-electron chi connectivity index (χ4n) is 4.50. The van der Waals surface area contributed by atoms with Gasteiger partial charge >= 0.3 is 23.9 Å². The van der Waals surface area contributed by atoms with E-state index in [1.165, 1.54) is 0 Å². The Bertz CT molecular complexity index is 863. The lowest BCUT2D eigenvalue weighted by Gasteiger charge is -2.24. The van der Waals surface area contributed by atoms with Crippen LogP contribution >= 0.6 is 0 Å². The Hall–Kier alpha value is -2.78. The molecule has 1 N–H and O–H groups in total. The quantitative estimate of drug-likeness (QED) is 0.281. The lowest BCUT2D eigenvalue weighted by atomic mass is 9.93. The van der Waals surface area contributed by atoms with Crippen molar-refractivity contribution in [2.75, 3.05) is 13.2 Å². The van der Waals surface area contributed by atoms with Crippen LogP contribution in [0.25, 0.3) is 0 Å².